The fourth-order valence-electron chi connectivity index (χ4n) is 3.15. The molecule has 2 aromatic heterocycles. The highest BCUT2D eigenvalue weighted by molar-refractivity contribution is 7.07. The van der Waals surface area contributed by atoms with E-state index in [9.17, 15) is 4.79 Å². The van der Waals surface area contributed by atoms with Crippen LogP contribution in [0.3, 0.4) is 0 Å². The summed E-state index contributed by atoms with van der Waals surface area (Å²) in [4.78, 5) is 15.2. The van der Waals surface area contributed by atoms with Crippen molar-refractivity contribution in [1.29, 1.82) is 0 Å². The van der Waals surface area contributed by atoms with Crippen LogP contribution in [0.2, 0.25) is 0 Å². The molecule has 0 saturated heterocycles. The van der Waals surface area contributed by atoms with Gasteiger partial charge in [-0.15, -0.1) is 0 Å². The maximum Gasteiger partial charge on any atom is 0.253 e. The van der Waals surface area contributed by atoms with E-state index >= 15 is 0 Å². The fraction of sp³-hybridized carbons (Fsp3) is 0.300. The summed E-state index contributed by atoms with van der Waals surface area (Å²) in [5.74, 6) is -0.0801. The number of hydrogen-bond donors (Lipinski definition) is 1. The van der Waals surface area contributed by atoms with Crippen molar-refractivity contribution in [3.8, 4) is 5.69 Å². The number of carbonyl (C=O) groups excluding carboxylic acids is 1. The average molecular weight is 369 g/mol. The highest BCUT2D eigenvalue weighted by Crippen LogP contribution is 2.22. The molecule has 0 spiro atoms. The highest BCUT2D eigenvalue weighted by atomic mass is 32.1. The third-order valence-electron chi connectivity index (χ3n) is 4.54. The van der Waals surface area contributed by atoms with Gasteiger partial charge in [-0.1, -0.05) is 26.0 Å². The van der Waals surface area contributed by atoms with Gasteiger partial charge in [0.1, 0.15) is 0 Å². The van der Waals surface area contributed by atoms with Crippen LogP contribution < -0.4 is 5.32 Å². The standard InChI is InChI=1S/C20H24N4OS/c1-3-23(4-2)19(16-10-13-26-15-16)14-21-20(25)17-8-5-6-9-18(17)24-12-7-11-22-24/h5-13,15,19H,3-4,14H2,1-2H3,(H,21,25)/t19-/m0/s1. The Morgan fingerprint density at radius 1 is 1.23 bits per heavy atom. The summed E-state index contributed by atoms with van der Waals surface area (Å²) >= 11 is 1.69. The van der Waals surface area contributed by atoms with Crippen molar-refractivity contribution in [2.45, 2.75) is 19.9 Å². The number of carbonyl (C=O) groups is 1. The van der Waals surface area contributed by atoms with E-state index in [0.717, 1.165) is 18.8 Å². The number of nitrogens with one attached hydrogen (secondary N) is 1. The molecular weight excluding hydrogens is 344 g/mol. The summed E-state index contributed by atoms with van der Waals surface area (Å²) in [7, 11) is 0. The largest absolute Gasteiger partial charge is 0.350 e. The van der Waals surface area contributed by atoms with E-state index in [1.807, 2.05) is 36.5 Å². The van der Waals surface area contributed by atoms with Gasteiger partial charge in [-0.2, -0.15) is 16.4 Å². The van der Waals surface area contributed by atoms with Gasteiger partial charge < -0.3 is 5.32 Å². The van der Waals surface area contributed by atoms with Crippen LogP contribution in [0.15, 0.2) is 59.6 Å². The quantitative estimate of drug-likeness (QED) is 0.659. The van der Waals surface area contributed by atoms with Crippen molar-refractivity contribution >= 4 is 17.2 Å². The normalized spacial score (nSPS) is 12.3. The number of thiophene rings is 1. The predicted octanol–water partition coefficient (Wildman–Crippen LogP) is 3.75. The van der Waals surface area contributed by atoms with Crippen LogP contribution in [0.25, 0.3) is 5.69 Å². The van der Waals surface area contributed by atoms with Crippen LogP contribution >= 0.6 is 11.3 Å². The van der Waals surface area contributed by atoms with E-state index in [1.54, 1.807) is 22.2 Å². The zero-order valence-electron chi connectivity index (χ0n) is 15.1. The molecule has 0 aliphatic heterocycles. The van der Waals surface area contributed by atoms with Crippen LogP contribution in [-0.2, 0) is 0 Å². The summed E-state index contributed by atoms with van der Waals surface area (Å²) in [6, 6.07) is 11.7. The smallest absolute Gasteiger partial charge is 0.253 e. The molecule has 0 saturated carbocycles. The first-order chi connectivity index (χ1) is 12.7. The minimum atomic E-state index is -0.0801. The number of rotatable bonds is 8. The monoisotopic (exact) mass is 368 g/mol. The van der Waals surface area contributed by atoms with Crippen LogP contribution in [-0.4, -0.2) is 40.2 Å². The zero-order chi connectivity index (χ0) is 18.4. The zero-order valence-corrected chi connectivity index (χ0v) is 15.9. The molecule has 0 fully saturated rings. The van der Waals surface area contributed by atoms with Crippen molar-refractivity contribution in [2.75, 3.05) is 19.6 Å². The van der Waals surface area contributed by atoms with Crippen molar-refractivity contribution in [3.05, 3.63) is 70.7 Å². The number of aromatic nitrogens is 2. The first kappa shape index (κ1) is 18.4. The first-order valence-corrected chi connectivity index (χ1v) is 9.82. The first-order valence-electron chi connectivity index (χ1n) is 8.88. The molecule has 2 heterocycles. The van der Waals surface area contributed by atoms with Gasteiger partial charge in [-0.05, 0) is 53.7 Å². The van der Waals surface area contributed by atoms with Gasteiger partial charge >= 0.3 is 0 Å². The Kier molecular flexibility index (Phi) is 6.20. The van der Waals surface area contributed by atoms with Gasteiger partial charge in [0.2, 0.25) is 0 Å². The predicted molar refractivity (Wildman–Crippen MR) is 106 cm³/mol. The van der Waals surface area contributed by atoms with E-state index < -0.39 is 0 Å². The Balaban J connectivity index is 1.77. The second-order valence-corrected chi connectivity index (χ2v) is 6.75. The second kappa shape index (κ2) is 8.78. The minimum absolute atomic E-state index is 0.0801. The maximum atomic E-state index is 12.9. The molecule has 1 N–H and O–H groups in total. The van der Waals surface area contributed by atoms with Gasteiger partial charge in [0, 0.05) is 18.9 Å². The number of hydrogen-bond acceptors (Lipinski definition) is 4. The van der Waals surface area contributed by atoms with Gasteiger partial charge in [-0.3, -0.25) is 9.69 Å². The Bertz CT molecular complexity index is 810. The summed E-state index contributed by atoms with van der Waals surface area (Å²) in [6.07, 6.45) is 3.55. The summed E-state index contributed by atoms with van der Waals surface area (Å²) < 4.78 is 1.72. The van der Waals surface area contributed by atoms with Crippen LogP contribution in [0, 0.1) is 0 Å². The van der Waals surface area contributed by atoms with Crippen LogP contribution in [0.1, 0.15) is 35.8 Å². The molecule has 0 aliphatic rings. The van der Waals surface area contributed by atoms with Crippen LogP contribution in [0.4, 0.5) is 0 Å². The molecule has 136 valence electrons. The summed E-state index contributed by atoms with van der Waals surface area (Å²) in [5, 5.41) is 11.6. The molecular formula is C20H24N4OS. The molecule has 1 aromatic carbocycles. The highest BCUT2D eigenvalue weighted by Gasteiger charge is 2.20. The number of amides is 1. The third kappa shape index (κ3) is 4.03. The number of benzene rings is 1. The molecule has 0 radical (unpaired) electrons. The Labute approximate surface area is 158 Å². The SMILES string of the molecule is CCN(CC)[C@@H](CNC(=O)c1ccccc1-n1cccn1)c1ccsc1. The summed E-state index contributed by atoms with van der Waals surface area (Å²) in [5.41, 5.74) is 2.66. The molecule has 0 bridgehead atoms. The van der Waals surface area contributed by atoms with Crippen molar-refractivity contribution in [1.82, 2.24) is 20.0 Å². The molecule has 1 amide bonds. The molecule has 26 heavy (non-hydrogen) atoms. The molecule has 6 heteroatoms. The van der Waals surface area contributed by atoms with E-state index in [-0.39, 0.29) is 11.9 Å². The van der Waals surface area contributed by atoms with Crippen LogP contribution in [0.5, 0.6) is 0 Å². The van der Waals surface area contributed by atoms with Gasteiger partial charge in [0.25, 0.3) is 5.91 Å². The lowest BCUT2D eigenvalue weighted by atomic mass is 10.1. The van der Waals surface area contributed by atoms with Gasteiger partial charge in [-0.25, -0.2) is 4.68 Å². The Morgan fingerprint density at radius 2 is 2.04 bits per heavy atom. The van der Waals surface area contributed by atoms with Crippen molar-refractivity contribution in [3.63, 3.8) is 0 Å². The molecule has 0 unspecified atom stereocenters. The summed E-state index contributed by atoms with van der Waals surface area (Å²) in [6.45, 7) is 6.76. The van der Waals surface area contributed by atoms with E-state index in [0.29, 0.717) is 12.1 Å². The van der Waals surface area contributed by atoms with Crippen molar-refractivity contribution in [2.24, 2.45) is 0 Å². The average Bonchev–Trinajstić information content (AvgIpc) is 3.39. The lowest BCUT2D eigenvalue weighted by Gasteiger charge is -2.29. The van der Waals surface area contributed by atoms with E-state index in [1.165, 1.54) is 5.56 Å². The number of likely N-dealkylation sites (N-methyl/N-ethyl adjacent to an activating group) is 1. The Hall–Kier alpha value is -2.44. The lowest BCUT2D eigenvalue weighted by molar-refractivity contribution is 0.0935. The molecule has 5 nitrogen and oxygen atoms in total. The van der Waals surface area contributed by atoms with Gasteiger partial charge in [0.05, 0.1) is 17.3 Å². The molecule has 3 aromatic rings. The van der Waals surface area contributed by atoms with E-state index in [4.69, 9.17) is 0 Å². The van der Waals surface area contributed by atoms with Crippen molar-refractivity contribution < 1.29 is 4.79 Å². The van der Waals surface area contributed by atoms with E-state index in [2.05, 4.69) is 46.0 Å². The lowest BCUT2D eigenvalue weighted by Crippen LogP contribution is -2.38. The maximum absolute atomic E-state index is 12.9. The second-order valence-electron chi connectivity index (χ2n) is 5.97. The number of nitrogens with zero attached hydrogens (tertiary/aromatic N) is 3. The molecule has 1 atom stereocenters. The third-order valence-corrected chi connectivity index (χ3v) is 5.24. The fourth-order valence-corrected chi connectivity index (χ4v) is 3.86. The topological polar surface area (TPSA) is 50.2 Å². The Morgan fingerprint density at radius 3 is 2.69 bits per heavy atom. The molecule has 3 rings (SSSR count). The number of para-hydroxylation sites is 1. The molecule has 0 aliphatic carbocycles. The van der Waals surface area contributed by atoms with Gasteiger partial charge in [0.15, 0.2) is 0 Å². The minimum Gasteiger partial charge on any atom is -0.350 e.